The first-order valence-electron chi connectivity index (χ1n) is 5.06. The first kappa shape index (κ1) is 11.6. The van der Waals surface area contributed by atoms with Gasteiger partial charge in [-0.1, -0.05) is 13.8 Å². The number of aromatic carboxylic acids is 1. The van der Waals surface area contributed by atoms with Gasteiger partial charge >= 0.3 is 5.97 Å². The van der Waals surface area contributed by atoms with E-state index in [1.165, 1.54) is 12.1 Å². The number of benzene rings is 1. The van der Waals surface area contributed by atoms with Crippen LogP contribution in [0.15, 0.2) is 18.2 Å². The largest absolute Gasteiger partial charge is 0.508 e. The molecule has 1 aromatic rings. The quantitative estimate of drug-likeness (QED) is 0.799. The van der Waals surface area contributed by atoms with Gasteiger partial charge in [0.05, 0.1) is 5.56 Å². The van der Waals surface area contributed by atoms with Gasteiger partial charge < -0.3 is 10.2 Å². The zero-order chi connectivity index (χ0) is 11.4. The molecular weight excluding hydrogens is 192 g/mol. The third kappa shape index (κ3) is 3.27. The van der Waals surface area contributed by atoms with Gasteiger partial charge in [0.15, 0.2) is 0 Å². The molecule has 0 radical (unpaired) electrons. The molecule has 0 saturated carbocycles. The Labute approximate surface area is 89.4 Å². The summed E-state index contributed by atoms with van der Waals surface area (Å²) in [4.78, 5) is 10.7. The van der Waals surface area contributed by atoms with Crippen molar-refractivity contribution in [2.75, 3.05) is 0 Å². The summed E-state index contributed by atoms with van der Waals surface area (Å²) in [6.45, 7) is 4.19. The number of hydrogen-bond acceptors (Lipinski definition) is 2. The predicted molar refractivity (Wildman–Crippen MR) is 58.2 cm³/mol. The Morgan fingerprint density at radius 3 is 2.60 bits per heavy atom. The van der Waals surface area contributed by atoms with E-state index in [0.717, 1.165) is 6.42 Å². The van der Waals surface area contributed by atoms with Crippen molar-refractivity contribution < 1.29 is 15.0 Å². The summed E-state index contributed by atoms with van der Waals surface area (Å²) in [5.41, 5.74) is 0.940. The van der Waals surface area contributed by atoms with E-state index in [9.17, 15) is 9.90 Å². The second-order valence-electron chi connectivity index (χ2n) is 4.08. The van der Waals surface area contributed by atoms with Crippen molar-refractivity contribution in [3.8, 4) is 5.75 Å². The Morgan fingerprint density at radius 2 is 2.07 bits per heavy atom. The molecule has 0 bridgehead atoms. The van der Waals surface area contributed by atoms with Gasteiger partial charge in [-0.3, -0.25) is 0 Å². The number of carboxylic acids is 1. The SMILES string of the molecule is CC(C)CCc1cc(C(=O)O)ccc1O. The molecule has 0 amide bonds. The van der Waals surface area contributed by atoms with Crippen LogP contribution in [0.1, 0.15) is 36.2 Å². The molecule has 82 valence electrons. The van der Waals surface area contributed by atoms with Crippen molar-refractivity contribution in [2.24, 2.45) is 5.92 Å². The normalized spacial score (nSPS) is 10.6. The number of aromatic hydroxyl groups is 1. The number of carboxylic acid groups (broad SMARTS) is 1. The molecule has 0 fully saturated rings. The average Bonchev–Trinajstić information content (AvgIpc) is 2.16. The first-order chi connectivity index (χ1) is 7.00. The van der Waals surface area contributed by atoms with Gasteiger partial charge in [-0.25, -0.2) is 4.79 Å². The first-order valence-corrected chi connectivity index (χ1v) is 5.06. The molecule has 1 rings (SSSR count). The summed E-state index contributed by atoms with van der Waals surface area (Å²) in [7, 11) is 0. The minimum absolute atomic E-state index is 0.181. The zero-order valence-electron chi connectivity index (χ0n) is 9.03. The van der Waals surface area contributed by atoms with Gasteiger partial charge in [0.2, 0.25) is 0 Å². The van der Waals surface area contributed by atoms with Gasteiger partial charge in [0.1, 0.15) is 5.75 Å². The number of carbonyl (C=O) groups is 1. The van der Waals surface area contributed by atoms with Crippen molar-refractivity contribution in [2.45, 2.75) is 26.7 Å². The molecule has 3 nitrogen and oxygen atoms in total. The molecule has 0 unspecified atom stereocenters. The smallest absolute Gasteiger partial charge is 0.335 e. The van der Waals surface area contributed by atoms with Crippen LogP contribution in [-0.2, 0) is 6.42 Å². The van der Waals surface area contributed by atoms with E-state index in [4.69, 9.17) is 5.11 Å². The molecule has 0 saturated heterocycles. The lowest BCUT2D eigenvalue weighted by atomic mass is 10.0. The summed E-state index contributed by atoms with van der Waals surface area (Å²) in [6, 6.07) is 4.40. The monoisotopic (exact) mass is 208 g/mol. The van der Waals surface area contributed by atoms with E-state index in [1.807, 2.05) is 0 Å². The molecule has 1 aromatic carbocycles. The summed E-state index contributed by atoms with van der Waals surface area (Å²) >= 11 is 0. The summed E-state index contributed by atoms with van der Waals surface area (Å²) in [6.07, 6.45) is 1.65. The Kier molecular flexibility index (Phi) is 3.72. The van der Waals surface area contributed by atoms with E-state index in [-0.39, 0.29) is 11.3 Å². The van der Waals surface area contributed by atoms with Gasteiger partial charge in [0.25, 0.3) is 0 Å². The standard InChI is InChI=1S/C12H16O3/c1-8(2)3-4-9-7-10(12(14)15)5-6-11(9)13/h5-8,13H,3-4H2,1-2H3,(H,14,15). The Morgan fingerprint density at radius 1 is 1.40 bits per heavy atom. The third-order valence-corrected chi connectivity index (χ3v) is 2.32. The van der Waals surface area contributed by atoms with Crippen LogP contribution in [-0.4, -0.2) is 16.2 Å². The van der Waals surface area contributed by atoms with Crippen molar-refractivity contribution in [3.63, 3.8) is 0 Å². The van der Waals surface area contributed by atoms with Crippen LogP contribution in [0, 0.1) is 5.92 Å². The van der Waals surface area contributed by atoms with Crippen molar-refractivity contribution >= 4 is 5.97 Å². The van der Waals surface area contributed by atoms with Gasteiger partial charge in [-0.15, -0.1) is 0 Å². The number of hydrogen-bond donors (Lipinski definition) is 2. The Balaban J connectivity index is 2.85. The lowest BCUT2D eigenvalue weighted by Gasteiger charge is -2.07. The summed E-state index contributed by atoms with van der Waals surface area (Å²) in [5.74, 6) is -0.237. The van der Waals surface area contributed by atoms with Gasteiger partial charge in [0, 0.05) is 0 Å². The maximum Gasteiger partial charge on any atom is 0.335 e. The summed E-state index contributed by atoms with van der Waals surface area (Å²) in [5, 5.41) is 18.3. The van der Waals surface area contributed by atoms with Crippen LogP contribution in [0.5, 0.6) is 5.75 Å². The Hall–Kier alpha value is -1.51. The fourth-order valence-corrected chi connectivity index (χ4v) is 1.36. The molecule has 0 atom stereocenters. The number of aryl methyl sites for hydroxylation is 1. The molecule has 0 aliphatic carbocycles. The van der Waals surface area contributed by atoms with E-state index in [2.05, 4.69) is 13.8 Å². The minimum atomic E-state index is -0.958. The minimum Gasteiger partial charge on any atom is -0.508 e. The van der Waals surface area contributed by atoms with Crippen LogP contribution in [0.3, 0.4) is 0 Å². The average molecular weight is 208 g/mol. The lowest BCUT2D eigenvalue weighted by Crippen LogP contribution is -1.99. The molecular formula is C12H16O3. The predicted octanol–water partition coefficient (Wildman–Crippen LogP) is 2.68. The zero-order valence-corrected chi connectivity index (χ0v) is 9.03. The molecule has 0 spiro atoms. The highest BCUT2D eigenvalue weighted by atomic mass is 16.4. The van der Waals surface area contributed by atoms with Crippen molar-refractivity contribution in [1.29, 1.82) is 0 Å². The highest BCUT2D eigenvalue weighted by Gasteiger charge is 2.08. The Bertz CT molecular complexity index is 356. The molecule has 2 N–H and O–H groups in total. The topological polar surface area (TPSA) is 57.5 Å². The van der Waals surface area contributed by atoms with Crippen LogP contribution < -0.4 is 0 Å². The van der Waals surface area contributed by atoms with Crippen LogP contribution in [0.2, 0.25) is 0 Å². The maximum atomic E-state index is 10.7. The van der Waals surface area contributed by atoms with Crippen LogP contribution in [0.25, 0.3) is 0 Å². The molecule has 0 aromatic heterocycles. The van der Waals surface area contributed by atoms with E-state index in [1.54, 1.807) is 6.07 Å². The third-order valence-electron chi connectivity index (χ3n) is 2.32. The number of phenolic OH excluding ortho intramolecular Hbond substituents is 1. The molecule has 0 aliphatic rings. The van der Waals surface area contributed by atoms with Crippen LogP contribution >= 0.6 is 0 Å². The summed E-state index contributed by atoms with van der Waals surface area (Å²) < 4.78 is 0. The number of phenols is 1. The molecule has 0 heterocycles. The van der Waals surface area contributed by atoms with Crippen molar-refractivity contribution in [1.82, 2.24) is 0 Å². The highest BCUT2D eigenvalue weighted by molar-refractivity contribution is 5.88. The highest BCUT2D eigenvalue weighted by Crippen LogP contribution is 2.21. The van der Waals surface area contributed by atoms with Gasteiger partial charge in [-0.05, 0) is 42.5 Å². The van der Waals surface area contributed by atoms with E-state index >= 15 is 0 Å². The maximum absolute atomic E-state index is 10.7. The van der Waals surface area contributed by atoms with E-state index in [0.29, 0.717) is 17.9 Å². The van der Waals surface area contributed by atoms with Crippen LogP contribution in [0.4, 0.5) is 0 Å². The molecule has 0 aliphatic heterocycles. The van der Waals surface area contributed by atoms with E-state index < -0.39 is 5.97 Å². The molecule has 3 heteroatoms. The number of rotatable bonds is 4. The van der Waals surface area contributed by atoms with Gasteiger partial charge in [-0.2, -0.15) is 0 Å². The fourth-order valence-electron chi connectivity index (χ4n) is 1.36. The second kappa shape index (κ2) is 4.82. The molecule has 15 heavy (non-hydrogen) atoms. The van der Waals surface area contributed by atoms with Crippen molar-refractivity contribution in [3.05, 3.63) is 29.3 Å². The second-order valence-corrected chi connectivity index (χ2v) is 4.08. The fraction of sp³-hybridized carbons (Fsp3) is 0.417. The lowest BCUT2D eigenvalue weighted by molar-refractivity contribution is 0.0697.